The number of hydrogen-bond donors (Lipinski definition) is 2. The minimum Gasteiger partial charge on any atom is -0.372 e. The summed E-state index contributed by atoms with van der Waals surface area (Å²) in [5.74, 6) is -0.285. The topological polar surface area (TPSA) is 44.4 Å². The van der Waals surface area contributed by atoms with Crippen LogP contribution in [0.25, 0.3) is 0 Å². The molecule has 0 aliphatic heterocycles. The Labute approximate surface area is 142 Å². The molecule has 0 heterocycles. The number of benzene rings is 2. The number of carbonyl (C=O) groups excluding carboxylic acids is 1. The molecule has 0 saturated carbocycles. The number of halogens is 1. The molecule has 5 heteroatoms. The Hall–Kier alpha value is -2.56. The summed E-state index contributed by atoms with van der Waals surface area (Å²) in [6, 6.07) is 11.8. The van der Waals surface area contributed by atoms with Gasteiger partial charge in [0.25, 0.3) is 0 Å². The second-order valence-electron chi connectivity index (χ2n) is 5.61. The van der Waals surface area contributed by atoms with Crippen molar-refractivity contribution in [1.29, 1.82) is 0 Å². The Morgan fingerprint density at radius 1 is 1.08 bits per heavy atom. The second kappa shape index (κ2) is 8.34. The largest absolute Gasteiger partial charge is 0.372 e. The molecule has 0 aliphatic carbocycles. The van der Waals surface area contributed by atoms with Gasteiger partial charge in [0.1, 0.15) is 5.82 Å². The highest BCUT2D eigenvalue weighted by atomic mass is 19.1. The van der Waals surface area contributed by atoms with Crippen molar-refractivity contribution in [3.05, 3.63) is 59.4 Å². The zero-order chi connectivity index (χ0) is 17.5. The Morgan fingerprint density at radius 2 is 1.75 bits per heavy atom. The third kappa shape index (κ3) is 4.72. The Balaban J connectivity index is 1.95. The van der Waals surface area contributed by atoms with Crippen LogP contribution >= 0.6 is 0 Å². The van der Waals surface area contributed by atoms with E-state index < -0.39 is 0 Å². The lowest BCUT2D eigenvalue weighted by Gasteiger charge is -2.22. The summed E-state index contributed by atoms with van der Waals surface area (Å²) in [7, 11) is 0. The van der Waals surface area contributed by atoms with Crippen molar-refractivity contribution in [2.75, 3.05) is 23.3 Å². The van der Waals surface area contributed by atoms with E-state index in [1.54, 1.807) is 12.1 Å². The lowest BCUT2D eigenvalue weighted by Crippen LogP contribution is -2.28. The first-order chi connectivity index (χ1) is 11.5. The summed E-state index contributed by atoms with van der Waals surface area (Å²) in [6.45, 7) is 8.45. The fraction of sp³-hybridized carbons (Fsp3) is 0.316. The minimum absolute atomic E-state index is 0.280. The highest BCUT2D eigenvalue weighted by Crippen LogP contribution is 2.22. The van der Waals surface area contributed by atoms with Gasteiger partial charge in [0.15, 0.2) is 0 Å². The van der Waals surface area contributed by atoms with Crippen molar-refractivity contribution < 1.29 is 9.18 Å². The maximum Gasteiger partial charge on any atom is 0.319 e. The molecule has 128 valence electrons. The number of anilines is 2. The number of hydrogen-bond acceptors (Lipinski definition) is 2. The van der Waals surface area contributed by atoms with Crippen LogP contribution in [-0.2, 0) is 6.54 Å². The first kappa shape index (κ1) is 17.8. The third-order valence-electron chi connectivity index (χ3n) is 3.95. The predicted molar refractivity (Wildman–Crippen MR) is 97.0 cm³/mol. The Morgan fingerprint density at radius 3 is 2.33 bits per heavy atom. The van der Waals surface area contributed by atoms with Gasteiger partial charge in [0, 0.05) is 31.0 Å². The molecule has 2 aromatic carbocycles. The molecular weight excluding hydrogens is 305 g/mol. The number of nitrogens with one attached hydrogen (secondary N) is 2. The fourth-order valence-electron chi connectivity index (χ4n) is 2.52. The van der Waals surface area contributed by atoms with Crippen molar-refractivity contribution in [3.8, 4) is 0 Å². The van der Waals surface area contributed by atoms with Crippen LogP contribution in [0, 0.1) is 12.7 Å². The van der Waals surface area contributed by atoms with Crippen LogP contribution in [0.3, 0.4) is 0 Å². The summed E-state index contributed by atoms with van der Waals surface area (Å²) in [6.07, 6.45) is 0. The van der Waals surface area contributed by atoms with E-state index in [0.717, 1.165) is 35.6 Å². The number of carbonyl (C=O) groups is 1. The molecule has 2 amide bonds. The molecule has 0 aliphatic rings. The molecule has 2 aromatic rings. The normalized spacial score (nSPS) is 10.3. The molecule has 0 unspecified atom stereocenters. The average molecular weight is 329 g/mol. The molecule has 4 nitrogen and oxygen atoms in total. The highest BCUT2D eigenvalue weighted by Gasteiger charge is 2.07. The van der Waals surface area contributed by atoms with Crippen LogP contribution in [0.2, 0.25) is 0 Å². The Bertz CT molecular complexity index is 682. The molecule has 0 bridgehead atoms. The zero-order valence-corrected chi connectivity index (χ0v) is 14.4. The summed E-state index contributed by atoms with van der Waals surface area (Å²) < 4.78 is 12.9. The SMILES string of the molecule is CCN(CC)c1ccc(NC(=O)NCc2ccc(F)cc2)c(C)c1. The van der Waals surface area contributed by atoms with Crippen LogP contribution < -0.4 is 15.5 Å². The zero-order valence-electron chi connectivity index (χ0n) is 14.4. The maximum absolute atomic E-state index is 12.9. The number of nitrogens with zero attached hydrogens (tertiary/aromatic N) is 1. The summed E-state index contributed by atoms with van der Waals surface area (Å²) in [5, 5.41) is 5.62. The van der Waals surface area contributed by atoms with E-state index in [2.05, 4.69) is 35.4 Å². The maximum atomic E-state index is 12.9. The molecule has 0 fully saturated rings. The van der Waals surface area contributed by atoms with Crippen LogP contribution in [-0.4, -0.2) is 19.1 Å². The van der Waals surface area contributed by atoms with Gasteiger partial charge in [-0.2, -0.15) is 0 Å². The average Bonchev–Trinajstić information content (AvgIpc) is 2.58. The first-order valence-electron chi connectivity index (χ1n) is 8.18. The van der Waals surface area contributed by atoms with Gasteiger partial charge in [-0.15, -0.1) is 0 Å². The molecule has 0 radical (unpaired) electrons. The van der Waals surface area contributed by atoms with E-state index in [0.29, 0.717) is 6.54 Å². The molecular formula is C19H24FN3O. The van der Waals surface area contributed by atoms with Gasteiger partial charge in [-0.3, -0.25) is 0 Å². The van der Waals surface area contributed by atoms with Crippen LogP contribution in [0.4, 0.5) is 20.6 Å². The van der Waals surface area contributed by atoms with Crippen molar-refractivity contribution in [2.45, 2.75) is 27.3 Å². The standard InChI is InChI=1S/C19H24FN3O/c1-4-23(5-2)17-10-11-18(14(3)12-17)22-19(24)21-13-15-6-8-16(20)9-7-15/h6-12H,4-5,13H2,1-3H3,(H2,21,22,24). The number of urea groups is 1. The number of rotatable bonds is 6. The van der Waals surface area contributed by atoms with Crippen molar-refractivity contribution in [2.24, 2.45) is 0 Å². The minimum atomic E-state index is -0.285. The molecule has 2 N–H and O–H groups in total. The van der Waals surface area contributed by atoms with Gasteiger partial charge in [-0.25, -0.2) is 9.18 Å². The number of amides is 2. The second-order valence-corrected chi connectivity index (χ2v) is 5.61. The van der Waals surface area contributed by atoms with Gasteiger partial charge >= 0.3 is 6.03 Å². The van der Waals surface area contributed by atoms with E-state index in [-0.39, 0.29) is 11.8 Å². The lowest BCUT2D eigenvalue weighted by molar-refractivity contribution is 0.251. The molecule has 0 spiro atoms. The van der Waals surface area contributed by atoms with Crippen LogP contribution in [0.1, 0.15) is 25.0 Å². The summed E-state index contributed by atoms with van der Waals surface area (Å²) >= 11 is 0. The van der Waals surface area contributed by atoms with Gasteiger partial charge in [-0.05, 0) is 62.2 Å². The van der Waals surface area contributed by atoms with Gasteiger partial charge < -0.3 is 15.5 Å². The fourth-order valence-corrected chi connectivity index (χ4v) is 2.52. The van der Waals surface area contributed by atoms with Crippen LogP contribution in [0.15, 0.2) is 42.5 Å². The van der Waals surface area contributed by atoms with E-state index in [1.165, 1.54) is 12.1 Å². The van der Waals surface area contributed by atoms with E-state index in [4.69, 9.17) is 0 Å². The van der Waals surface area contributed by atoms with E-state index in [1.807, 2.05) is 19.1 Å². The summed E-state index contributed by atoms with van der Waals surface area (Å²) in [4.78, 5) is 14.3. The lowest BCUT2D eigenvalue weighted by atomic mass is 10.1. The van der Waals surface area contributed by atoms with Gasteiger partial charge in [-0.1, -0.05) is 12.1 Å². The molecule has 2 rings (SSSR count). The van der Waals surface area contributed by atoms with Crippen LogP contribution in [0.5, 0.6) is 0 Å². The number of aryl methyl sites for hydroxylation is 1. The van der Waals surface area contributed by atoms with Gasteiger partial charge in [0.05, 0.1) is 0 Å². The van der Waals surface area contributed by atoms with Crippen molar-refractivity contribution in [1.82, 2.24) is 5.32 Å². The monoisotopic (exact) mass is 329 g/mol. The quantitative estimate of drug-likeness (QED) is 0.830. The summed E-state index contributed by atoms with van der Waals surface area (Å²) in [5.41, 5.74) is 3.79. The Kier molecular flexibility index (Phi) is 6.18. The highest BCUT2D eigenvalue weighted by molar-refractivity contribution is 5.90. The third-order valence-corrected chi connectivity index (χ3v) is 3.95. The molecule has 0 saturated heterocycles. The van der Waals surface area contributed by atoms with E-state index >= 15 is 0 Å². The van der Waals surface area contributed by atoms with Crippen molar-refractivity contribution >= 4 is 17.4 Å². The molecule has 24 heavy (non-hydrogen) atoms. The molecule has 0 aromatic heterocycles. The van der Waals surface area contributed by atoms with E-state index in [9.17, 15) is 9.18 Å². The van der Waals surface area contributed by atoms with Crippen molar-refractivity contribution in [3.63, 3.8) is 0 Å². The predicted octanol–water partition coefficient (Wildman–Crippen LogP) is 4.30. The van der Waals surface area contributed by atoms with Gasteiger partial charge in [0.2, 0.25) is 0 Å². The first-order valence-corrected chi connectivity index (χ1v) is 8.18. The smallest absolute Gasteiger partial charge is 0.319 e. The molecule has 0 atom stereocenters.